The van der Waals surface area contributed by atoms with Crippen LogP contribution in [0.4, 0.5) is 5.69 Å². The highest BCUT2D eigenvalue weighted by Gasteiger charge is 2.12. The molecule has 0 aliphatic carbocycles. The van der Waals surface area contributed by atoms with E-state index in [1.54, 1.807) is 0 Å². The van der Waals surface area contributed by atoms with Crippen LogP contribution < -0.4 is 10.6 Å². The fraction of sp³-hybridized carbons (Fsp3) is 0.538. The number of benzene rings is 1. The molecular weight excluding hydrogens is 184 g/mol. The monoisotopic (exact) mass is 206 g/mol. The summed E-state index contributed by atoms with van der Waals surface area (Å²) in [5, 5.41) is 0. The number of hydrogen-bond donors (Lipinski definition) is 1. The lowest BCUT2D eigenvalue weighted by atomic mass is 10.1. The fourth-order valence-corrected chi connectivity index (χ4v) is 1.97. The summed E-state index contributed by atoms with van der Waals surface area (Å²) < 4.78 is 0. The minimum Gasteiger partial charge on any atom is -0.368 e. The molecule has 2 heteroatoms. The lowest BCUT2D eigenvalue weighted by Gasteiger charge is -2.30. The second kappa shape index (κ2) is 5.17. The third-order valence-electron chi connectivity index (χ3n) is 2.88. The first-order valence-corrected chi connectivity index (χ1v) is 5.64. The van der Waals surface area contributed by atoms with E-state index in [1.807, 2.05) is 0 Å². The van der Waals surface area contributed by atoms with Crippen LogP contribution in [0, 0.1) is 13.8 Å². The Balaban J connectivity index is 3.01. The van der Waals surface area contributed by atoms with Crippen molar-refractivity contribution in [1.82, 2.24) is 0 Å². The van der Waals surface area contributed by atoms with Gasteiger partial charge in [0.2, 0.25) is 0 Å². The average molecular weight is 206 g/mol. The molecule has 1 unspecified atom stereocenters. The Hall–Kier alpha value is -1.02. The highest BCUT2D eigenvalue weighted by Crippen LogP contribution is 2.22. The first-order chi connectivity index (χ1) is 7.10. The standard InChI is InChI=1S/C13H22N2/c1-5-15(12(4)9-14)13-7-6-10(2)8-11(13)3/h6-8,12H,5,9,14H2,1-4H3. The summed E-state index contributed by atoms with van der Waals surface area (Å²) in [6, 6.07) is 6.98. The minimum absolute atomic E-state index is 0.399. The molecule has 1 rings (SSSR count). The van der Waals surface area contributed by atoms with E-state index in [0.717, 1.165) is 6.54 Å². The summed E-state index contributed by atoms with van der Waals surface area (Å²) in [5.74, 6) is 0. The van der Waals surface area contributed by atoms with Gasteiger partial charge in [-0.15, -0.1) is 0 Å². The molecule has 2 nitrogen and oxygen atoms in total. The Morgan fingerprint density at radius 2 is 2.00 bits per heavy atom. The summed E-state index contributed by atoms with van der Waals surface area (Å²) in [4.78, 5) is 2.36. The first kappa shape index (κ1) is 12.1. The summed E-state index contributed by atoms with van der Waals surface area (Å²) >= 11 is 0. The third kappa shape index (κ3) is 2.72. The summed E-state index contributed by atoms with van der Waals surface area (Å²) in [6.07, 6.45) is 0. The Morgan fingerprint density at radius 3 is 2.47 bits per heavy atom. The zero-order valence-electron chi connectivity index (χ0n) is 10.2. The van der Waals surface area contributed by atoms with Crippen molar-refractivity contribution in [2.24, 2.45) is 5.73 Å². The molecule has 84 valence electrons. The van der Waals surface area contributed by atoms with Crippen LogP contribution >= 0.6 is 0 Å². The molecule has 2 N–H and O–H groups in total. The van der Waals surface area contributed by atoms with Gasteiger partial charge in [-0.2, -0.15) is 0 Å². The maximum Gasteiger partial charge on any atom is 0.0398 e. The SMILES string of the molecule is CCN(c1ccc(C)cc1C)C(C)CN. The van der Waals surface area contributed by atoms with Gasteiger partial charge >= 0.3 is 0 Å². The zero-order valence-corrected chi connectivity index (χ0v) is 10.2. The molecule has 0 aromatic heterocycles. The maximum absolute atomic E-state index is 5.72. The van der Waals surface area contributed by atoms with Crippen LogP contribution in [0.5, 0.6) is 0 Å². The zero-order chi connectivity index (χ0) is 11.4. The van der Waals surface area contributed by atoms with Gasteiger partial charge in [0, 0.05) is 24.8 Å². The molecule has 0 aliphatic heterocycles. The Kier molecular flexibility index (Phi) is 4.15. The average Bonchev–Trinajstić information content (AvgIpc) is 2.21. The molecule has 0 radical (unpaired) electrons. The molecule has 15 heavy (non-hydrogen) atoms. The second-order valence-electron chi connectivity index (χ2n) is 4.16. The van der Waals surface area contributed by atoms with Crippen molar-refractivity contribution in [3.05, 3.63) is 29.3 Å². The number of likely N-dealkylation sites (N-methyl/N-ethyl adjacent to an activating group) is 1. The summed E-state index contributed by atoms with van der Waals surface area (Å²) in [7, 11) is 0. The molecule has 0 saturated carbocycles. The molecule has 1 aromatic carbocycles. The van der Waals surface area contributed by atoms with Crippen molar-refractivity contribution in [1.29, 1.82) is 0 Å². The van der Waals surface area contributed by atoms with E-state index in [9.17, 15) is 0 Å². The number of nitrogens with two attached hydrogens (primary N) is 1. The predicted molar refractivity (Wildman–Crippen MR) is 67.5 cm³/mol. The molecule has 1 atom stereocenters. The van der Waals surface area contributed by atoms with Crippen molar-refractivity contribution < 1.29 is 0 Å². The van der Waals surface area contributed by atoms with E-state index < -0.39 is 0 Å². The lowest BCUT2D eigenvalue weighted by molar-refractivity contribution is 0.656. The van der Waals surface area contributed by atoms with Gasteiger partial charge in [0.05, 0.1) is 0 Å². The molecule has 0 aliphatic rings. The minimum atomic E-state index is 0.399. The number of hydrogen-bond acceptors (Lipinski definition) is 2. The van der Waals surface area contributed by atoms with Gasteiger partial charge < -0.3 is 10.6 Å². The molecule has 0 heterocycles. The summed E-state index contributed by atoms with van der Waals surface area (Å²) in [5.41, 5.74) is 9.67. The van der Waals surface area contributed by atoms with Crippen molar-refractivity contribution >= 4 is 5.69 Å². The number of aryl methyl sites for hydroxylation is 2. The smallest absolute Gasteiger partial charge is 0.0398 e. The highest BCUT2D eigenvalue weighted by molar-refractivity contribution is 5.55. The predicted octanol–water partition coefficient (Wildman–Crippen LogP) is 2.48. The first-order valence-electron chi connectivity index (χ1n) is 5.64. The molecule has 0 amide bonds. The molecule has 0 bridgehead atoms. The van der Waals surface area contributed by atoms with Gasteiger partial charge in [-0.25, -0.2) is 0 Å². The van der Waals surface area contributed by atoms with E-state index in [-0.39, 0.29) is 0 Å². The van der Waals surface area contributed by atoms with Crippen LogP contribution in [0.15, 0.2) is 18.2 Å². The van der Waals surface area contributed by atoms with Crippen molar-refractivity contribution in [3.63, 3.8) is 0 Å². The van der Waals surface area contributed by atoms with Gasteiger partial charge in [0.1, 0.15) is 0 Å². The summed E-state index contributed by atoms with van der Waals surface area (Å²) in [6.45, 7) is 10.3. The van der Waals surface area contributed by atoms with Crippen LogP contribution in [0.25, 0.3) is 0 Å². The second-order valence-corrected chi connectivity index (χ2v) is 4.16. The number of anilines is 1. The quantitative estimate of drug-likeness (QED) is 0.820. The van der Waals surface area contributed by atoms with E-state index in [4.69, 9.17) is 5.73 Å². The largest absolute Gasteiger partial charge is 0.368 e. The number of nitrogens with zero attached hydrogens (tertiary/aromatic N) is 1. The van der Waals surface area contributed by atoms with Crippen LogP contribution in [0.2, 0.25) is 0 Å². The highest BCUT2D eigenvalue weighted by atomic mass is 15.2. The number of rotatable bonds is 4. The normalized spacial score (nSPS) is 12.6. The van der Waals surface area contributed by atoms with Crippen LogP contribution in [0.3, 0.4) is 0 Å². The Bertz CT molecular complexity index is 320. The molecule has 0 spiro atoms. The van der Waals surface area contributed by atoms with Gasteiger partial charge in [0.25, 0.3) is 0 Å². The molecule has 0 saturated heterocycles. The lowest BCUT2D eigenvalue weighted by Crippen LogP contribution is -2.38. The van der Waals surface area contributed by atoms with Gasteiger partial charge in [-0.3, -0.25) is 0 Å². The molecule has 1 aromatic rings. The van der Waals surface area contributed by atoms with Crippen LogP contribution in [-0.4, -0.2) is 19.1 Å². The van der Waals surface area contributed by atoms with Crippen molar-refractivity contribution in [2.45, 2.75) is 33.7 Å². The van der Waals surface area contributed by atoms with E-state index in [2.05, 4.69) is 50.8 Å². The third-order valence-corrected chi connectivity index (χ3v) is 2.88. The van der Waals surface area contributed by atoms with Gasteiger partial charge in [0.15, 0.2) is 0 Å². The van der Waals surface area contributed by atoms with E-state index in [1.165, 1.54) is 16.8 Å². The maximum atomic E-state index is 5.72. The van der Waals surface area contributed by atoms with Gasteiger partial charge in [-0.05, 0) is 39.3 Å². The van der Waals surface area contributed by atoms with Crippen LogP contribution in [0.1, 0.15) is 25.0 Å². The van der Waals surface area contributed by atoms with Gasteiger partial charge in [-0.1, -0.05) is 17.7 Å². The topological polar surface area (TPSA) is 29.3 Å². The Morgan fingerprint density at radius 1 is 1.33 bits per heavy atom. The van der Waals surface area contributed by atoms with Crippen molar-refractivity contribution in [3.8, 4) is 0 Å². The molecule has 0 fully saturated rings. The fourth-order valence-electron chi connectivity index (χ4n) is 1.97. The van der Waals surface area contributed by atoms with Crippen molar-refractivity contribution in [2.75, 3.05) is 18.0 Å². The van der Waals surface area contributed by atoms with Crippen LogP contribution in [-0.2, 0) is 0 Å². The van der Waals surface area contributed by atoms with E-state index >= 15 is 0 Å². The Labute approximate surface area is 93.1 Å². The van der Waals surface area contributed by atoms with E-state index in [0.29, 0.717) is 12.6 Å². The molecular formula is C13H22N2.